The van der Waals surface area contributed by atoms with Crippen molar-refractivity contribution in [3.63, 3.8) is 0 Å². The zero-order valence-corrected chi connectivity index (χ0v) is 8.37. The number of piperidine rings is 1. The average molecular weight is 181 g/mol. The lowest BCUT2D eigenvalue weighted by molar-refractivity contribution is 0.110. The topological polar surface area (TPSA) is 53.0 Å². The van der Waals surface area contributed by atoms with Crippen LogP contribution in [0.2, 0.25) is 0 Å². The maximum Gasteiger partial charge on any atom is 0.0638 e. The van der Waals surface area contributed by atoms with Gasteiger partial charge in [-0.1, -0.05) is 6.42 Å². The van der Waals surface area contributed by atoms with E-state index in [0.29, 0.717) is 18.5 Å². The molecule has 2 unspecified atom stereocenters. The highest BCUT2D eigenvalue weighted by Crippen LogP contribution is 2.19. The molecule has 0 aliphatic carbocycles. The minimum atomic E-state index is 0.374. The van der Waals surface area contributed by atoms with Crippen LogP contribution in [0.15, 0.2) is 0 Å². The van der Waals surface area contributed by atoms with E-state index in [-0.39, 0.29) is 0 Å². The standard InChI is InChI=1S/C10H19N3/c1-9(5-6-11)13-7-3-2-4-10(13)8-12/h9-10H,2-5,7-8,12H2,1H3. The van der Waals surface area contributed by atoms with Crippen LogP contribution < -0.4 is 5.73 Å². The van der Waals surface area contributed by atoms with Gasteiger partial charge in [-0.05, 0) is 26.3 Å². The lowest BCUT2D eigenvalue weighted by Crippen LogP contribution is -2.48. The van der Waals surface area contributed by atoms with Gasteiger partial charge in [-0.15, -0.1) is 0 Å². The molecule has 3 heteroatoms. The fourth-order valence-electron chi connectivity index (χ4n) is 2.11. The minimum Gasteiger partial charge on any atom is -0.329 e. The third kappa shape index (κ3) is 2.68. The molecule has 0 bridgehead atoms. The number of rotatable bonds is 3. The second-order valence-electron chi connectivity index (χ2n) is 3.83. The van der Waals surface area contributed by atoms with Gasteiger partial charge in [0.25, 0.3) is 0 Å². The van der Waals surface area contributed by atoms with Crippen LogP contribution in [0.1, 0.15) is 32.6 Å². The Morgan fingerprint density at radius 3 is 3.00 bits per heavy atom. The van der Waals surface area contributed by atoms with Crippen molar-refractivity contribution < 1.29 is 0 Å². The van der Waals surface area contributed by atoms with Crippen molar-refractivity contribution in [3.8, 4) is 6.07 Å². The third-order valence-corrected chi connectivity index (χ3v) is 2.90. The SMILES string of the molecule is CC(CC#N)N1CCCCC1CN. The molecule has 0 radical (unpaired) electrons. The molecule has 0 saturated carbocycles. The van der Waals surface area contributed by atoms with Gasteiger partial charge in [0.05, 0.1) is 12.5 Å². The number of likely N-dealkylation sites (tertiary alicyclic amines) is 1. The van der Waals surface area contributed by atoms with Crippen molar-refractivity contribution in [1.29, 1.82) is 5.26 Å². The first-order chi connectivity index (χ1) is 6.29. The highest BCUT2D eigenvalue weighted by molar-refractivity contribution is 4.86. The molecule has 13 heavy (non-hydrogen) atoms. The van der Waals surface area contributed by atoms with Gasteiger partial charge in [0, 0.05) is 18.6 Å². The zero-order chi connectivity index (χ0) is 9.68. The highest BCUT2D eigenvalue weighted by Gasteiger charge is 2.24. The van der Waals surface area contributed by atoms with Gasteiger partial charge in [0.15, 0.2) is 0 Å². The van der Waals surface area contributed by atoms with E-state index in [1.54, 1.807) is 0 Å². The van der Waals surface area contributed by atoms with E-state index in [1.165, 1.54) is 19.3 Å². The van der Waals surface area contributed by atoms with Crippen molar-refractivity contribution in [1.82, 2.24) is 4.90 Å². The quantitative estimate of drug-likeness (QED) is 0.709. The van der Waals surface area contributed by atoms with Crippen molar-refractivity contribution in [3.05, 3.63) is 0 Å². The molecule has 1 fully saturated rings. The van der Waals surface area contributed by atoms with Crippen LogP contribution in [0.5, 0.6) is 0 Å². The second kappa shape index (κ2) is 5.21. The Kier molecular flexibility index (Phi) is 4.20. The Morgan fingerprint density at radius 1 is 1.62 bits per heavy atom. The van der Waals surface area contributed by atoms with Crippen molar-refractivity contribution >= 4 is 0 Å². The van der Waals surface area contributed by atoms with Crippen LogP contribution in [0.4, 0.5) is 0 Å². The highest BCUT2D eigenvalue weighted by atomic mass is 15.2. The Bertz CT molecular complexity index is 185. The molecule has 1 rings (SSSR count). The number of hydrogen-bond donors (Lipinski definition) is 1. The van der Waals surface area contributed by atoms with Gasteiger partial charge in [-0.25, -0.2) is 0 Å². The Morgan fingerprint density at radius 2 is 2.38 bits per heavy atom. The number of nitrogens with two attached hydrogens (primary N) is 1. The monoisotopic (exact) mass is 181 g/mol. The largest absolute Gasteiger partial charge is 0.329 e. The Hall–Kier alpha value is -0.590. The van der Waals surface area contributed by atoms with Crippen LogP contribution in [-0.2, 0) is 0 Å². The van der Waals surface area contributed by atoms with E-state index in [1.807, 2.05) is 0 Å². The summed E-state index contributed by atoms with van der Waals surface area (Å²) in [6, 6.07) is 3.11. The van der Waals surface area contributed by atoms with Gasteiger partial charge in [0.1, 0.15) is 0 Å². The van der Waals surface area contributed by atoms with Crippen LogP contribution in [-0.4, -0.2) is 30.1 Å². The third-order valence-electron chi connectivity index (χ3n) is 2.90. The first kappa shape index (κ1) is 10.5. The summed E-state index contributed by atoms with van der Waals surface area (Å²) < 4.78 is 0. The minimum absolute atomic E-state index is 0.374. The Balaban J connectivity index is 2.49. The molecule has 1 aliphatic rings. The summed E-state index contributed by atoms with van der Waals surface area (Å²) in [4.78, 5) is 2.40. The fraction of sp³-hybridized carbons (Fsp3) is 0.900. The van der Waals surface area contributed by atoms with Gasteiger partial charge in [-0.2, -0.15) is 5.26 Å². The smallest absolute Gasteiger partial charge is 0.0638 e. The summed E-state index contributed by atoms with van der Waals surface area (Å²) >= 11 is 0. The molecule has 0 spiro atoms. The molecule has 0 aromatic rings. The first-order valence-corrected chi connectivity index (χ1v) is 5.12. The molecule has 0 amide bonds. The Labute approximate surface area is 80.5 Å². The van der Waals surface area contributed by atoms with E-state index >= 15 is 0 Å². The average Bonchev–Trinajstić information content (AvgIpc) is 2.18. The van der Waals surface area contributed by atoms with Crippen molar-refractivity contribution in [2.45, 2.75) is 44.7 Å². The van der Waals surface area contributed by atoms with Crippen LogP contribution in [0, 0.1) is 11.3 Å². The molecule has 1 saturated heterocycles. The van der Waals surface area contributed by atoms with E-state index in [4.69, 9.17) is 11.0 Å². The molecule has 0 aromatic heterocycles. The van der Waals surface area contributed by atoms with Gasteiger partial charge < -0.3 is 5.73 Å². The molecule has 1 heterocycles. The van der Waals surface area contributed by atoms with E-state index in [9.17, 15) is 0 Å². The van der Waals surface area contributed by atoms with Crippen LogP contribution in [0.25, 0.3) is 0 Å². The van der Waals surface area contributed by atoms with E-state index < -0.39 is 0 Å². The predicted octanol–water partition coefficient (Wildman–Crippen LogP) is 1.10. The lowest BCUT2D eigenvalue weighted by Gasteiger charge is -2.38. The molecule has 2 N–H and O–H groups in total. The van der Waals surface area contributed by atoms with Gasteiger partial charge in [0.2, 0.25) is 0 Å². The summed E-state index contributed by atoms with van der Waals surface area (Å²) in [5.74, 6) is 0. The fourth-order valence-corrected chi connectivity index (χ4v) is 2.11. The summed E-state index contributed by atoms with van der Waals surface area (Å²) in [5, 5.41) is 8.62. The van der Waals surface area contributed by atoms with Crippen molar-refractivity contribution in [2.75, 3.05) is 13.1 Å². The van der Waals surface area contributed by atoms with Crippen LogP contribution >= 0.6 is 0 Å². The maximum absolute atomic E-state index is 8.62. The summed E-state index contributed by atoms with van der Waals surface area (Å²) in [7, 11) is 0. The molecule has 74 valence electrons. The number of hydrogen-bond acceptors (Lipinski definition) is 3. The zero-order valence-electron chi connectivity index (χ0n) is 8.37. The second-order valence-corrected chi connectivity index (χ2v) is 3.83. The predicted molar refractivity (Wildman–Crippen MR) is 53.1 cm³/mol. The van der Waals surface area contributed by atoms with Crippen LogP contribution in [0.3, 0.4) is 0 Å². The molecular formula is C10H19N3. The molecular weight excluding hydrogens is 162 g/mol. The first-order valence-electron chi connectivity index (χ1n) is 5.12. The summed E-state index contributed by atoms with van der Waals surface area (Å²) in [5.41, 5.74) is 5.70. The van der Waals surface area contributed by atoms with Gasteiger partial charge in [-0.3, -0.25) is 4.90 Å². The van der Waals surface area contributed by atoms with E-state index in [0.717, 1.165) is 13.1 Å². The molecule has 1 aliphatic heterocycles. The van der Waals surface area contributed by atoms with Gasteiger partial charge >= 0.3 is 0 Å². The van der Waals surface area contributed by atoms with Crippen molar-refractivity contribution in [2.24, 2.45) is 5.73 Å². The number of nitriles is 1. The summed E-state index contributed by atoms with van der Waals surface area (Å²) in [6.07, 6.45) is 4.37. The molecule has 3 nitrogen and oxygen atoms in total. The number of nitrogens with zero attached hydrogens (tertiary/aromatic N) is 2. The maximum atomic E-state index is 8.62. The summed E-state index contributed by atoms with van der Waals surface area (Å²) in [6.45, 7) is 3.97. The normalized spacial score (nSPS) is 26.7. The molecule has 0 aromatic carbocycles. The molecule has 2 atom stereocenters. The lowest BCUT2D eigenvalue weighted by atomic mass is 9.99. The van der Waals surface area contributed by atoms with E-state index in [2.05, 4.69) is 17.9 Å².